The maximum atomic E-state index is 13.6. The van der Waals surface area contributed by atoms with Gasteiger partial charge < -0.3 is 45.1 Å². The average molecular weight is 613 g/mol. The van der Waals surface area contributed by atoms with Crippen LogP contribution in [0.15, 0.2) is 32.6 Å². The first-order valence-electron chi connectivity index (χ1n) is 12.4. The van der Waals surface area contributed by atoms with Crippen molar-refractivity contribution in [1.29, 1.82) is 0 Å². The molecule has 228 valence electrons. The Morgan fingerprint density at radius 2 is 1.98 bits per heavy atom. The standard InChI is InChI=1S/C21H28N9O11P/c1-7(16-24-5-25-21(36)30(16)23-2)14-13(34)11(32)9(40-14)4-39-42(37,38)15-12(33)8(3-31)41-19(15)29-6-26-10-17(29)27-20(22)28-18(10)35/h5-6,8-9,11-15,19,31-34H,2-4H2,1H3,(H,37,38)(H,24,25,36)(H3,22,27,28,35)/b16-7+/t8-,9-,11?,12?,13?,14+,15-,19-/m1/s1. The van der Waals surface area contributed by atoms with Crippen LogP contribution in [0.1, 0.15) is 13.2 Å². The molecule has 20 nitrogen and oxygen atoms in total. The van der Waals surface area contributed by atoms with Crippen LogP contribution < -0.4 is 16.6 Å². The highest BCUT2D eigenvalue weighted by Gasteiger charge is 2.56. The number of nitrogens with two attached hydrogens (primary N) is 1. The number of hydrogen-bond acceptors (Lipinski definition) is 15. The van der Waals surface area contributed by atoms with E-state index in [0.717, 1.165) is 22.2 Å². The highest BCUT2D eigenvalue weighted by molar-refractivity contribution is 7.53. The summed E-state index contributed by atoms with van der Waals surface area (Å²) >= 11 is 0. The Morgan fingerprint density at radius 1 is 1.24 bits per heavy atom. The molecular formula is C21H28N9O11P. The Morgan fingerprint density at radius 3 is 2.67 bits per heavy atom. The topological polar surface area (TPSA) is 293 Å². The lowest BCUT2D eigenvalue weighted by molar-refractivity contribution is -0.0434. The first-order valence-corrected chi connectivity index (χ1v) is 14.0. The normalized spacial score (nSPS) is 34.0. The van der Waals surface area contributed by atoms with E-state index in [9.17, 15) is 39.5 Å². The largest absolute Gasteiger partial charge is 0.394 e. The summed E-state index contributed by atoms with van der Waals surface area (Å²) in [5, 5.41) is 48.5. The molecule has 0 bridgehead atoms. The third-order valence-electron chi connectivity index (χ3n) is 7.09. The number of hydrogen-bond donors (Lipinski definition) is 8. The summed E-state index contributed by atoms with van der Waals surface area (Å²) in [6.07, 6.45) is -8.14. The number of aromatic nitrogens is 4. The number of nitrogen functional groups attached to an aromatic ring is 1. The molecular weight excluding hydrogens is 585 g/mol. The first-order chi connectivity index (χ1) is 19.9. The number of H-pyrrole nitrogens is 1. The van der Waals surface area contributed by atoms with Gasteiger partial charge in [-0.15, -0.1) is 0 Å². The van der Waals surface area contributed by atoms with Crippen LogP contribution in [0.3, 0.4) is 0 Å². The van der Waals surface area contributed by atoms with Gasteiger partial charge in [0.1, 0.15) is 42.3 Å². The number of aliphatic hydroxyl groups excluding tert-OH is 4. The number of aromatic amines is 1. The molecule has 9 N–H and O–H groups in total. The van der Waals surface area contributed by atoms with Gasteiger partial charge in [-0.1, -0.05) is 0 Å². The fourth-order valence-corrected chi connectivity index (χ4v) is 6.64. The third-order valence-corrected chi connectivity index (χ3v) is 8.93. The fraction of sp³-hybridized carbons (Fsp3) is 0.524. The second kappa shape index (κ2) is 11.2. The van der Waals surface area contributed by atoms with Gasteiger partial charge in [0.25, 0.3) is 5.56 Å². The zero-order valence-corrected chi connectivity index (χ0v) is 22.7. The predicted octanol–water partition coefficient (Wildman–Crippen LogP) is -3.09. The minimum Gasteiger partial charge on any atom is -0.394 e. The highest BCUT2D eigenvalue weighted by atomic mass is 31.2. The quantitative estimate of drug-likeness (QED) is 0.108. The van der Waals surface area contributed by atoms with E-state index in [4.69, 9.17) is 19.7 Å². The first kappa shape index (κ1) is 29.9. The summed E-state index contributed by atoms with van der Waals surface area (Å²) in [5.41, 5.74) is 3.10. The van der Waals surface area contributed by atoms with Crippen LogP contribution in [0.25, 0.3) is 11.2 Å². The molecule has 3 aliphatic rings. The Balaban J connectivity index is 1.38. The van der Waals surface area contributed by atoms with Crippen molar-refractivity contribution >= 4 is 43.8 Å². The number of aliphatic imine (C=N–C) groups is 1. The van der Waals surface area contributed by atoms with Crippen molar-refractivity contribution in [3.8, 4) is 0 Å². The summed E-state index contributed by atoms with van der Waals surface area (Å²) in [6.45, 7) is 3.29. The molecule has 42 heavy (non-hydrogen) atoms. The van der Waals surface area contributed by atoms with Gasteiger partial charge in [0, 0.05) is 12.3 Å². The number of hydrazone groups is 1. The Bertz CT molecular complexity index is 1560. The lowest BCUT2D eigenvalue weighted by atomic mass is 10.0. The SMILES string of the molecule is C=NN1C(=O)NC=N/C1=C(/C)[C@@H]1O[C@H](COP(=O)(O)[C@@H]2C(O)[C@@H](CO)O[C@H]2n2cnc3c(=O)[nH]c(N)nc32)C(O)C1O. The molecule has 9 atom stereocenters. The van der Waals surface area contributed by atoms with E-state index in [2.05, 4.69) is 37.1 Å². The number of urea groups is 1. The number of rotatable bonds is 8. The van der Waals surface area contributed by atoms with Gasteiger partial charge in [0.15, 0.2) is 23.2 Å². The van der Waals surface area contributed by atoms with Crippen molar-refractivity contribution in [3.05, 3.63) is 28.1 Å². The predicted molar refractivity (Wildman–Crippen MR) is 141 cm³/mol. The van der Waals surface area contributed by atoms with Gasteiger partial charge in [-0.05, 0) is 6.92 Å². The second-order valence-electron chi connectivity index (χ2n) is 9.61. The van der Waals surface area contributed by atoms with Crippen LogP contribution in [-0.4, -0.2) is 124 Å². The minimum absolute atomic E-state index is 0.0239. The van der Waals surface area contributed by atoms with Crippen LogP contribution >= 0.6 is 7.60 Å². The summed E-state index contributed by atoms with van der Waals surface area (Å²) in [5.74, 6) is -0.298. The minimum atomic E-state index is -4.91. The highest BCUT2D eigenvalue weighted by Crippen LogP contribution is 2.57. The molecule has 0 aliphatic carbocycles. The molecule has 4 unspecified atom stereocenters. The van der Waals surface area contributed by atoms with Gasteiger partial charge in [-0.2, -0.15) is 15.1 Å². The van der Waals surface area contributed by atoms with E-state index in [1.54, 1.807) is 0 Å². The Hall–Kier alpha value is -3.59. The number of nitrogens with zero attached hydrogens (tertiary/aromatic N) is 6. The monoisotopic (exact) mass is 613 g/mol. The number of anilines is 1. The smallest absolute Gasteiger partial charge is 0.349 e. The lowest BCUT2D eigenvalue weighted by Gasteiger charge is -2.27. The number of nitrogens with one attached hydrogen (secondary N) is 2. The maximum Gasteiger partial charge on any atom is 0.349 e. The fourth-order valence-electron chi connectivity index (χ4n) is 4.99. The van der Waals surface area contributed by atoms with E-state index in [0.29, 0.717) is 0 Å². The maximum absolute atomic E-state index is 13.6. The van der Waals surface area contributed by atoms with Crippen molar-refractivity contribution in [3.63, 3.8) is 0 Å². The zero-order valence-electron chi connectivity index (χ0n) is 21.8. The van der Waals surface area contributed by atoms with E-state index >= 15 is 0 Å². The molecule has 0 radical (unpaired) electrons. The summed E-state index contributed by atoms with van der Waals surface area (Å²) in [6, 6.07) is -0.676. The number of amides is 2. The van der Waals surface area contributed by atoms with Crippen molar-refractivity contribution < 1.29 is 48.7 Å². The molecule has 5 rings (SSSR count). The number of ether oxygens (including phenoxy) is 2. The van der Waals surface area contributed by atoms with Gasteiger partial charge in [-0.25, -0.2) is 14.8 Å². The molecule has 0 saturated carbocycles. The number of carbonyl (C=O) groups is 1. The summed E-state index contributed by atoms with van der Waals surface area (Å²) in [7, 11) is -4.91. The molecule has 3 aliphatic heterocycles. The molecule has 0 aromatic carbocycles. The van der Waals surface area contributed by atoms with Gasteiger partial charge in [0.05, 0.1) is 25.9 Å². The van der Waals surface area contributed by atoms with E-state index in [-0.39, 0.29) is 28.5 Å². The molecule has 2 aromatic rings. The number of carbonyl (C=O) groups excluding carboxylic acids is 1. The summed E-state index contributed by atoms with van der Waals surface area (Å²) < 4.78 is 31.3. The lowest BCUT2D eigenvalue weighted by Crippen LogP contribution is -2.40. The van der Waals surface area contributed by atoms with Crippen molar-refractivity contribution in [2.75, 3.05) is 18.9 Å². The average Bonchev–Trinajstić information content (AvgIpc) is 3.60. The molecule has 2 saturated heterocycles. The molecule has 2 fully saturated rings. The van der Waals surface area contributed by atoms with Crippen LogP contribution in [0, 0.1) is 0 Å². The molecule has 0 spiro atoms. The van der Waals surface area contributed by atoms with E-state index < -0.39 is 80.9 Å². The van der Waals surface area contributed by atoms with Crippen molar-refractivity contribution in [2.45, 2.75) is 55.4 Å². The van der Waals surface area contributed by atoms with Crippen LogP contribution in [0.5, 0.6) is 0 Å². The van der Waals surface area contributed by atoms with Crippen LogP contribution in [0.2, 0.25) is 0 Å². The van der Waals surface area contributed by atoms with Crippen LogP contribution in [0.4, 0.5) is 10.7 Å². The number of imidazole rings is 1. The Kier molecular flexibility index (Phi) is 8.00. The summed E-state index contributed by atoms with van der Waals surface area (Å²) in [4.78, 5) is 49.5. The molecule has 21 heteroatoms. The molecule has 5 heterocycles. The van der Waals surface area contributed by atoms with Gasteiger partial charge >= 0.3 is 13.6 Å². The van der Waals surface area contributed by atoms with Crippen LogP contribution in [-0.2, 0) is 18.6 Å². The van der Waals surface area contributed by atoms with E-state index in [1.807, 2.05) is 0 Å². The van der Waals surface area contributed by atoms with E-state index in [1.165, 1.54) is 6.92 Å². The number of aliphatic hydroxyl groups is 4. The van der Waals surface area contributed by atoms with Gasteiger partial charge in [0.2, 0.25) is 5.95 Å². The number of fused-ring (bicyclic) bond motifs is 1. The molecule has 2 amide bonds. The third kappa shape index (κ3) is 5.02. The van der Waals surface area contributed by atoms with Gasteiger partial charge in [-0.3, -0.25) is 24.2 Å². The zero-order chi connectivity index (χ0) is 30.5. The second-order valence-corrected chi connectivity index (χ2v) is 11.6. The van der Waals surface area contributed by atoms with Crippen molar-refractivity contribution in [2.24, 2.45) is 10.1 Å². The Labute approximate surface area is 235 Å². The van der Waals surface area contributed by atoms with Crippen molar-refractivity contribution in [1.82, 2.24) is 29.8 Å². The molecule has 2 aromatic heterocycles.